The van der Waals surface area contributed by atoms with Crippen LogP contribution in [0.4, 0.5) is 18.9 Å². The maximum Gasteiger partial charge on any atom is 0.416 e. The van der Waals surface area contributed by atoms with Crippen LogP contribution >= 0.6 is 11.8 Å². The fourth-order valence-corrected chi connectivity index (χ4v) is 3.12. The van der Waals surface area contributed by atoms with Gasteiger partial charge in [0.25, 0.3) is 5.91 Å². The van der Waals surface area contributed by atoms with Gasteiger partial charge in [0.1, 0.15) is 0 Å². The highest BCUT2D eigenvalue weighted by atomic mass is 32.2. The standard InChI is InChI=1S/C14H17F3N2OS/c1-18-12-4-3-10(14(15,16)17)9-11(12)13(20)19-5-2-7-21-8-6-19/h3-4,9,18H,2,5-8H2,1H3. The largest absolute Gasteiger partial charge is 0.416 e. The van der Waals surface area contributed by atoms with Gasteiger partial charge in [0, 0.05) is 31.6 Å². The number of benzene rings is 1. The monoisotopic (exact) mass is 318 g/mol. The summed E-state index contributed by atoms with van der Waals surface area (Å²) in [7, 11) is 1.59. The van der Waals surface area contributed by atoms with Gasteiger partial charge in [0.15, 0.2) is 0 Å². The Kier molecular flexibility index (Phi) is 5.03. The summed E-state index contributed by atoms with van der Waals surface area (Å²) < 4.78 is 38.5. The van der Waals surface area contributed by atoms with Crippen molar-refractivity contribution in [3.05, 3.63) is 29.3 Å². The molecular formula is C14H17F3N2OS. The van der Waals surface area contributed by atoms with Crippen molar-refractivity contribution in [1.29, 1.82) is 0 Å². The van der Waals surface area contributed by atoms with Crippen molar-refractivity contribution in [1.82, 2.24) is 4.90 Å². The number of thioether (sulfide) groups is 1. The maximum atomic E-state index is 12.8. The van der Waals surface area contributed by atoms with Crippen LogP contribution in [0.2, 0.25) is 0 Å². The molecule has 0 spiro atoms. The number of rotatable bonds is 2. The number of carbonyl (C=O) groups excluding carboxylic acids is 1. The minimum atomic E-state index is -4.45. The van der Waals surface area contributed by atoms with Gasteiger partial charge in [-0.3, -0.25) is 4.79 Å². The second-order valence-electron chi connectivity index (χ2n) is 4.77. The summed E-state index contributed by atoms with van der Waals surface area (Å²) >= 11 is 1.76. The number of carbonyl (C=O) groups is 1. The van der Waals surface area contributed by atoms with E-state index in [9.17, 15) is 18.0 Å². The quantitative estimate of drug-likeness (QED) is 0.908. The zero-order valence-electron chi connectivity index (χ0n) is 11.7. The average Bonchev–Trinajstić information content (AvgIpc) is 2.74. The molecule has 0 unspecified atom stereocenters. The van der Waals surface area contributed by atoms with Crippen LogP contribution in [0, 0.1) is 0 Å². The summed E-state index contributed by atoms with van der Waals surface area (Å²) in [5.41, 5.74) is -0.293. The van der Waals surface area contributed by atoms with E-state index in [1.165, 1.54) is 6.07 Å². The second kappa shape index (κ2) is 6.60. The molecular weight excluding hydrogens is 301 g/mol. The molecule has 0 aliphatic carbocycles. The van der Waals surface area contributed by atoms with E-state index < -0.39 is 11.7 Å². The van der Waals surface area contributed by atoms with Crippen molar-refractivity contribution in [2.75, 3.05) is 37.0 Å². The molecule has 1 aliphatic heterocycles. The fourth-order valence-electron chi connectivity index (χ4n) is 2.24. The molecule has 116 valence electrons. The van der Waals surface area contributed by atoms with Crippen molar-refractivity contribution in [2.24, 2.45) is 0 Å². The molecule has 1 aliphatic rings. The molecule has 1 heterocycles. The zero-order valence-corrected chi connectivity index (χ0v) is 12.5. The van der Waals surface area contributed by atoms with E-state index in [0.29, 0.717) is 18.8 Å². The van der Waals surface area contributed by atoms with E-state index in [1.807, 2.05) is 0 Å². The highest BCUT2D eigenvalue weighted by Gasteiger charge is 2.32. The number of nitrogens with zero attached hydrogens (tertiary/aromatic N) is 1. The first-order valence-electron chi connectivity index (χ1n) is 6.69. The lowest BCUT2D eigenvalue weighted by Crippen LogP contribution is -2.33. The summed E-state index contributed by atoms with van der Waals surface area (Å²) in [5, 5.41) is 2.79. The Morgan fingerprint density at radius 2 is 2.05 bits per heavy atom. The van der Waals surface area contributed by atoms with Gasteiger partial charge in [0.2, 0.25) is 0 Å². The normalized spacial score (nSPS) is 16.5. The van der Waals surface area contributed by atoms with Crippen LogP contribution in [0.25, 0.3) is 0 Å². The molecule has 1 amide bonds. The Labute approximate surface area is 125 Å². The van der Waals surface area contributed by atoms with E-state index in [4.69, 9.17) is 0 Å². The second-order valence-corrected chi connectivity index (χ2v) is 5.99. The number of alkyl halides is 3. The van der Waals surface area contributed by atoms with E-state index >= 15 is 0 Å². The lowest BCUT2D eigenvalue weighted by molar-refractivity contribution is -0.137. The lowest BCUT2D eigenvalue weighted by atomic mass is 10.1. The molecule has 1 saturated heterocycles. The topological polar surface area (TPSA) is 32.3 Å². The predicted octanol–water partition coefficient (Wildman–Crippen LogP) is 3.33. The van der Waals surface area contributed by atoms with Crippen LogP contribution in [-0.4, -0.2) is 42.4 Å². The first kappa shape index (κ1) is 16.0. The minimum Gasteiger partial charge on any atom is -0.387 e. The Morgan fingerprint density at radius 1 is 1.29 bits per heavy atom. The molecule has 7 heteroatoms. The van der Waals surface area contributed by atoms with Crippen LogP contribution in [0.3, 0.4) is 0 Å². The van der Waals surface area contributed by atoms with Crippen LogP contribution < -0.4 is 5.32 Å². The first-order chi connectivity index (χ1) is 9.93. The van der Waals surface area contributed by atoms with E-state index in [1.54, 1.807) is 23.7 Å². The molecule has 0 saturated carbocycles. The number of hydrogen-bond acceptors (Lipinski definition) is 3. The first-order valence-corrected chi connectivity index (χ1v) is 7.85. The average molecular weight is 318 g/mol. The Hall–Kier alpha value is -1.37. The fraction of sp³-hybridized carbons (Fsp3) is 0.500. The van der Waals surface area contributed by atoms with Gasteiger partial charge in [-0.05, 0) is 30.4 Å². The summed E-state index contributed by atoms with van der Waals surface area (Å²) in [6.45, 7) is 1.16. The number of hydrogen-bond donors (Lipinski definition) is 1. The van der Waals surface area contributed by atoms with Gasteiger partial charge < -0.3 is 10.2 Å². The molecule has 0 atom stereocenters. The smallest absolute Gasteiger partial charge is 0.387 e. The molecule has 1 aromatic carbocycles. The van der Waals surface area contributed by atoms with Crippen molar-refractivity contribution in [2.45, 2.75) is 12.6 Å². The number of nitrogens with one attached hydrogen (secondary N) is 1. The molecule has 3 nitrogen and oxygen atoms in total. The SMILES string of the molecule is CNc1ccc(C(F)(F)F)cc1C(=O)N1CCCSCC1. The molecule has 1 aromatic rings. The summed E-state index contributed by atoms with van der Waals surface area (Å²) in [6, 6.07) is 3.23. The third-order valence-corrected chi connectivity index (χ3v) is 4.40. The van der Waals surface area contributed by atoms with Crippen LogP contribution in [-0.2, 0) is 6.18 Å². The number of halogens is 3. The Morgan fingerprint density at radius 3 is 2.71 bits per heavy atom. The van der Waals surface area contributed by atoms with Crippen molar-refractivity contribution in [3.63, 3.8) is 0 Å². The summed E-state index contributed by atoms with van der Waals surface area (Å²) in [6.07, 6.45) is -3.58. The van der Waals surface area contributed by atoms with Gasteiger partial charge >= 0.3 is 6.18 Å². The maximum absolute atomic E-state index is 12.8. The van der Waals surface area contributed by atoms with Crippen LogP contribution in [0.1, 0.15) is 22.3 Å². The van der Waals surface area contributed by atoms with Crippen molar-refractivity contribution in [3.8, 4) is 0 Å². The van der Waals surface area contributed by atoms with Gasteiger partial charge in [-0.15, -0.1) is 0 Å². The molecule has 2 rings (SSSR count). The van der Waals surface area contributed by atoms with Crippen molar-refractivity contribution < 1.29 is 18.0 Å². The molecule has 21 heavy (non-hydrogen) atoms. The highest BCUT2D eigenvalue weighted by molar-refractivity contribution is 7.99. The van der Waals surface area contributed by atoms with Gasteiger partial charge in [-0.2, -0.15) is 24.9 Å². The molecule has 1 N–H and O–H groups in total. The molecule has 0 aromatic heterocycles. The lowest BCUT2D eigenvalue weighted by Gasteiger charge is -2.22. The van der Waals surface area contributed by atoms with E-state index in [-0.39, 0.29) is 11.5 Å². The van der Waals surface area contributed by atoms with E-state index in [0.717, 1.165) is 30.1 Å². The van der Waals surface area contributed by atoms with Crippen LogP contribution in [0.5, 0.6) is 0 Å². The minimum absolute atomic E-state index is 0.0826. The third-order valence-electron chi connectivity index (χ3n) is 3.36. The van der Waals surface area contributed by atoms with Gasteiger partial charge in [0.05, 0.1) is 11.1 Å². The highest BCUT2D eigenvalue weighted by Crippen LogP contribution is 2.32. The zero-order chi connectivity index (χ0) is 15.5. The summed E-state index contributed by atoms with van der Waals surface area (Å²) in [4.78, 5) is 14.2. The molecule has 0 radical (unpaired) electrons. The Balaban J connectivity index is 2.33. The number of anilines is 1. The van der Waals surface area contributed by atoms with Crippen molar-refractivity contribution >= 4 is 23.4 Å². The predicted molar refractivity (Wildman–Crippen MR) is 78.8 cm³/mol. The molecule has 0 bridgehead atoms. The third kappa shape index (κ3) is 3.84. The van der Waals surface area contributed by atoms with E-state index in [2.05, 4.69) is 5.32 Å². The number of amides is 1. The Bertz CT molecular complexity index is 511. The van der Waals surface area contributed by atoms with Gasteiger partial charge in [-0.25, -0.2) is 0 Å². The van der Waals surface area contributed by atoms with Crippen LogP contribution in [0.15, 0.2) is 18.2 Å². The van der Waals surface area contributed by atoms with Gasteiger partial charge in [-0.1, -0.05) is 0 Å². The summed E-state index contributed by atoms with van der Waals surface area (Å²) in [5.74, 6) is 1.46. The molecule has 1 fully saturated rings.